The highest BCUT2D eigenvalue weighted by Gasteiger charge is 2.36. The van der Waals surface area contributed by atoms with E-state index in [2.05, 4.69) is 0 Å². The number of hydrogen-bond acceptors (Lipinski definition) is 2. The Kier molecular flexibility index (Phi) is 3.41. The van der Waals surface area contributed by atoms with Crippen molar-refractivity contribution in [3.05, 3.63) is 11.1 Å². The third-order valence-electron chi connectivity index (χ3n) is 3.42. The van der Waals surface area contributed by atoms with Crippen LogP contribution in [0.2, 0.25) is 0 Å². The summed E-state index contributed by atoms with van der Waals surface area (Å²) in [6.07, 6.45) is 2.71. The van der Waals surface area contributed by atoms with Gasteiger partial charge >= 0.3 is 5.97 Å². The molecule has 0 aromatic carbocycles. The average Bonchev–Trinajstić information content (AvgIpc) is 2.61. The fraction of sp³-hybridized carbons (Fsp3) is 0.667. The molecule has 1 rings (SSSR count). The van der Waals surface area contributed by atoms with Crippen molar-refractivity contribution >= 4 is 11.9 Å². The fourth-order valence-corrected chi connectivity index (χ4v) is 1.78. The predicted molar refractivity (Wildman–Crippen MR) is 61.0 cm³/mol. The van der Waals surface area contributed by atoms with Gasteiger partial charge in [-0.15, -0.1) is 0 Å². The number of carboxylic acid groups (broad SMARTS) is 1. The molecule has 1 N–H and O–H groups in total. The molecule has 0 radical (unpaired) electrons. The molecule has 0 saturated carbocycles. The molecule has 0 aliphatic heterocycles. The van der Waals surface area contributed by atoms with Gasteiger partial charge in [0.25, 0.3) is 0 Å². The maximum absolute atomic E-state index is 12.1. The molecular weight excluding hydrogens is 206 g/mol. The van der Waals surface area contributed by atoms with Crippen LogP contribution >= 0.6 is 0 Å². The fourth-order valence-electron chi connectivity index (χ4n) is 1.78. The lowest BCUT2D eigenvalue weighted by Crippen LogP contribution is -2.51. The van der Waals surface area contributed by atoms with Crippen LogP contribution in [-0.2, 0) is 9.59 Å². The number of hydrogen-bond donors (Lipinski definition) is 1. The molecule has 1 amide bonds. The van der Waals surface area contributed by atoms with E-state index in [0.29, 0.717) is 0 Å². The summed E-state index contributed by atoms with van der Waals surface area (Å²) in [5, 5.41) is 9.06. The average molecular weight is 225 g/mol. The Morgan fingerprint density at radius 2 is 1.88 bits per heavy atom. The van der Waals surface area contributed by atoms with E-state index in [-0.39, 0.29) is 5.91 Å². The summed E-state index contributed by atoms with van der Waals surface area (Å²) < 4.78 is 0. The highest BCUT2D eigenvalue weighted by Crippen LogP contribution is 2.28. The third-order valence-corrected chi connectivity index (χ3v) is 3.42. The molecule has 0 heterocycles. The van der Waals surface area contributed by atoms with Gasteiger partial charge < -0.3 is 10.0 Å². The third kappa shape index (κ3) is 2.10. The van der Waals surface area contributed by atoms with Crippen LogP contribution in [0, 0.1) is 0 Å². The van der Waals surface area contributed by atoms with E-state index >= 15 is 0 Å². The standard InChI is InChI=1S/C12H19NO3/c1-8-6-5-7-9(8)10(14)13(4)12(2,3)11(15)16/h5-7H2,1-4H3,(H,15,16). The maximum Gasteiger partial charge on any atom is 0.329 e. The van der Waals surface area contributed by atoms with Gasteiger partial charge in [0, 0.05) is 12.6 Å². The van der Waals surface area contributed by atoms with Crippen LogP contribution in [-0.4, -0.2) is 34.5 Å². The monoisotopic (exact) mass is 225 g/mol. The zero-order valence-electron chi connectivity index (χ0n) is 10.3. The van der Waals surface area contributed by atoms with Gasteiger partial charge in [-0.2, -0.15) is 0 Å². The minimum Gasteiger partial charge on any atom is -0.480 e. The molecule has 1 aliphatic rings. The van der Waals surface area contributed by atoms with Gasteiger partial charge in [0.1, 0.15) is 5.54 Å². The summed E-state index contributed by atoms with van der Waals surface area (Å²) in [4.78, 5) is 24.5. The molecule has 0 atom stereocenters. The minimum atomic E-state index is -1.16. The van der Waals surface area contributed by atoms with Gasteiger partial charge in [0.15, 0.2) is 0 Å². The van der Waals surface area contributed by atoms with E-state index in [1.165, 1.54) is 18.7 Å². The molecule has 4 nitrogen and oxygen atoms in total. The number of likely N-dealkylation sites (N-methyl/N-ethyl adjacent to an activating group) is 1. The van der Waals surface area contributed by atoms with Crippen LogP contribution in [0.15, 0.2) is 11.1 Å². The van der Waals surface area contributed by atoms with Crippen molar-refractivity contribution in [1.82, 2.24) is 4.90 Å². The second-order valence-corrected chi connectivity index (χ2v) is 4.84. The van der Waals surface area contributed by atoms with Crippen molar-refractivity contribution in [2.24, 2.45) is 0 Å². The van der Waals surface area contributed by atoms with Crippen LogP contribution in [0.1, 0.15) is 40.0 Å². The molecule has 1 aliphatic carbocycles. The van der Waals surface area contributed by atoms with E-state index in [4.69, 9.17) is 5.11 Å². The number of aliphatic carboxylic acids is 1. The summed E-state index contributed by atoms with van der Waals surface area (Å²) in [7, 11) is 1.55. The topological polar surface area (TPSA) is 57.6 Å². The Labute approximate surface area is 95.9 Å². The van der Waals surface area contributed by atoms with Crippen molar-refractivity contribution in [3.63, 3.8) is 0 Å². The summed E-state index contributed by atoms with van der Waals surface area (Å²) in [5.74, 6) is -1.14. The molecule has 0 bridgehead atoms. The van der Waals surface area contributed by atoms with Crippen molar-refractivity contribution in [3.8, 4) is 0 Å². The van der Waals surface area contributed by atoms with E-state index in [1.54, 1.807) is 7.05 Å². The van der Waals surface area contributed by atoms with Crippen molar-refractivity contribution in [2.45, 2.75) is 45.6 Å². The largest absolute Gasteiger partial charge is 0.480 e. The number of carbonyl (C=O) groups excluding carboxylic acids is 1. The van der Waals surface area contributed by atoms with E-state index < -0.39 is 11.5 Å². The normalized spacial score (nSPS) is 16.5. The van der Waals surface area contributed by atoms with Gasteiger partial charge in [-0.1, -0.05) is 5.57 Å². The van der Waals surface area contributed by atoms with Gasteiger partial charge in [-0.25, -0.2) is 4.79 Å². The lowest BCUT2D eigenvalue weighted by Gasteiger charge is -2.32. The number of amides is 1. The molecule has 4 heteroatoms. The van der Waals surface area contributed by atoms with Crippen LogP contribution in [0.5, 0.6) is 0 Å². The van der Waals surface area contributed by atoms with E-state index in [1.807, 2.05) is 6.92 Å². The Bertz CT molecular complexity index is 355. The van der Waals surface area contributed by atoms with E-state index in [9.17, 15) is 9.59 Å². The number of carbonyl (C=O) groups is 2. The molecule has 0 unspecified atom stereocenters. The molecular formula is C12H19NO3. The molecule has 0 saturated heterocycles. The van der Waals surface area contributed by atoms with Crippen LogP contribution in [0.4, 0.5) is 0 Å². The molecule has 0 aromatic heterocycles. The number of allylic oxidation sites excluding steroid dienone is 1. The number of rotatable bonds is 3. The first kappa shape index (κ1) is 12.7. The second-order valence-electron chi connectivity index (χ2n) is 4.84. The van der Waals surface area contributed by atoms with Crippen molar-refractivity contribution in [2.75, 3.05) is 7.05 Å². The minimum absolute atomic E-state index is 0.151. The quantitative estimate of drug-likeness (QED) is 0.797. The van der Waals surface area contributed by atoms with Crippen molar-refractivity contribution in [1.29, 1.82) is 0 Å². The van der Waals surface area contributed by atoms with Gasteiger partial charge in [-0.05, 0) is 40.0 Å². The Morgan fingerprint density at radius 1 is 1.31 bits per heavy atom. The first-order chi connectivity index (χ1) is 7.28. The Morgan fingerprint density at radius 3 is 2.25 bits per heavy atom. The maximum atomic E-state index is 12.1. The van der Waals surface area contributed by atoms with E-state index in [0.717, 1.165) is 30.4 Å². The lowest BCUT2D eigenvalue weighted by molar-refractivity contribution is -0.153. The van der Waals surface area contributed by atoms with Crippen molar-refractivity contribution < 1.29 is 14.7 Å². The van der Waals surface area contributed by atoms with Crippen LogP contribution < -0.4 is 0 Å². The zero-order valence-corrected chi connectivity index (χ0v) is 10.3. The molecule has 0 fully saturated rings. The first-order valence-electron chi connectivity index (χ1n) is 5.48. The second kappa shape index (κ2) is 4.28. The molecule has 0 aromatic rings. The Hall–Kier alpha value is -1.32. The molecule has 16 heavy (non-hydrogen) atoms. The van der Waals surface area contributed by atoms with Crippen LogP contribution in [0.3, 0.4) is 0 Å². The predicted octanol–water partition coefficient (Wildman–Crippen LogP) is 1.81. The van der Waals surface area contributed by atoms with Gasteiger partial charge in [0.2, 0.25) is 5.91 Å². The SMILES string of the molecule is CC1=C(C(=O)N(C)C(C)(C)C(=O)O)CCC1. The number of nitrogens with zero attached hydrogens (tertiary/aromatic N) is 1. The first-order valence-corrected chi connectivity index (χ1v) is 5.48. The summed E-state index contributed by atoms with van der Waals surface area (Å²) in [6, 6.07) is 0. The van der Waals surface area contributed by atoms with Crippen LogP contribution in [0.25, 0.3) is 0 Å². The Balaban J connectivity index is 2.91. The smallest absolute Gasteiger partial charge is 0.329 e. The summed E-state index contributed by atoms with van der Waals surface area (Å²) in [6.45, 7) is 5.03. The highest BCUT2D eigenvalue weighted by atomic mass is 16.4. The summed E-state index contributed by atoms with van der Waals surface area (Å²) in [5.41, 5.74) is 0.724. The molecule has 0 spiro atoms. The summed E-state index contributed by atoms with van der Waals surface area (Å²) >= 11 is 0. The number of carboxylic acids is 1. The molecule has 90 valence electrons. The zero-order chi connectivity index (χ0) is 12.5. The van der Waals surface area contributed by atoms with Gasteiger partial charge in [-0.3, -0.25) is 4.79 Å². The highest BCUT2D eigenvalue weighted by molar-refractivity contribution is 5.97. The lowest BCUT2D eigenvalue weighted by atomic mass is 10.0. The van der Waals surface area contributed by atoms with Gasteiger partial charge in [0.05, 0.1) is 0 Å².